The molecule has 0 spiro atoms. The van der Waals surface area contributed by atoms with Gasteiger partial charge in [-0.15, -0.1) is 0 Å². The summed E-state index contributed by atoms with van der Waals surface area (Å²) in [7, 11) is 1.81. The van der Waals surface area contributed by atoms with E-state index in [1.165, 1.54) is 0 Å². The molecule has 3 rings (SSSR count). The van der Waals surface area contributed by atoms with Gasteiger partial charge in [-0.05, 0) is 42.1 Å². The predicted octanol–water partition coefficient (Wildman–Crippen LogP) is 3.75. The van der Waals surface area contributed by atoms with Crippen LogP contribution in [0.15, 0.2) is 54.7 Å². The Morgan fingerprint density at radius 1 is 1.10 bits per heavy atom. The Morgan fingerprint density at radius 3 is 2.70 bits per heavy atom. The molecule has 20 heavy (non-hydrogen) atoms. The highest BCUT2D eigenvalue weighted by atomic mass is 16.2. The first-order chi connectivity index (χ1) is 9.66. The van der Waals surface area contributed by atoms with E-state index >= 15 is 0 Å². The number of aryl methyl sites for hydroxylation is 1. The minimum atomic E-state index is -0.00389. The normalized spacial score (nSPS) is 10.7. The molecule has 3 nitrogen and oxygen atoms in total. The van der Waals surface area contributed by atoms with Crippen molar-refractivity contribution < 1.29 is 4.79 Å². The Kier molecular flexibility index (Phi) is 3.03. The van der Waals surface area contributed by atoms with E-state index in [0.29, 0.717) is 5.56 Å². The zero-order chi connectivity index (χ0) is 14.1. The number of benzene rings is 2. The molecule has 1 aromatic heterocycles. The number of aromatic amines is 1. The summed E-state index contributed by atoms with van der Waals surface area (Å²) in [6.45, 7) is 2.01. The van der Waals surface area contributed by atoms with E-state index in [1.54, 1.807) is 4.90 Å². The van der Waals surface area contributed by atoms with Gasteiger partial charge in [-0.25, -0.2) is 0 Å². The first-order valence-electron chi connectivity index (χ1n) is 6.57. The molecule has 2 aromatic carbocycles. The lowest BCUT2D eigenvalue weighted by Gasteiger charge is -2.19. The second kappa shape index (κ2) is 4.85. The summed E-state index contributed by atoms with van der Waals surface area (Å²) >= 11 is 0. The number of carbonyl (C=O) groups excluding carboxylic acids is 1. The average molecular weight is 264 g/mol. The molecule has 3 heteroatoms. The first kappa shape index (κ1) is 12.5. The van der Waals surface area contributed by atoms with Gasteiger partial charge in [0.05, 0.1) is 0 Å². The van der Waals surface area contributed by atoms with Gasteiger partial charge in [-0.3, -0.25) is 4.79 Å². The zero-order valence-corrected chi connectivity index (χ0v) is 11.6. The Hall–Kier alpha value is -2.55. The standard InChI is InChI=1S/C17H16N2O/c1-12-5-3-4-6-16(12)19(2)17(20)14-8-7-13-9-10-18-15(13)11-14/h3-11,18H,1-2H3. The van der Waals surface area contributed by atoms with Crippen molar-refractivity contribution in [1.82, 2.24) is 4.98 Å². The smallest absolute Gasteiger partial charge is 0.258 e. The molecule has 0 aliphatic heterocycles. The number of anilines is 1. The topological polar surface area (TPSA) is 36.1 Å². The monoisotopic (exact) mass is 264 g/mol. The van der Waals surface area contributed by atoms with Crippen molar-refractivity contribution in [2.75, 3.05) is 11.9 Å². The van der Waals surface area contributed by atoms with Crippen LogP contribution < -0.4 is 4.90 Å². The van der Waals surface area contributed by atoms with E-state index < -0.39 is 0 Å². The van der Waals surface area contributed by atoms with E-state index in [4.69, 9.17) is 0 Å². The molecule has 0 saturated heterocycles. The molecule has 0 unspecified atom stereocenters. The van der Waals surface area contributed by atoms with Gasteiger partial charge < -0.3 is 9.88 Å². The Labute approximate surface area is 117 Å². The number of nitrogens with one attached hydrogen (secondary N) is 1. The molecule has 1 heterocycles. The van der Waals surface area contributed by atoms with Crippen LogP contribution in [0, 0.1) is 6.92 Å². The highest BCUT2D eigenvalue weighted by Crippen LogP contribution is 2.21. The number of hydrogen-bond donors (Lipinski definition) is 1. The van der Waals surface area contributed by atoms with Crippen molar-refractivity contribution in [3.05, 3.63) is 65.9 Å². The van der Waals surface area contributed by atoms with Crippen LogP contribution >= 0.6 is 0 Å². The van der Waals surface area contributed by atoms with Gasteiger partial charge in [-0.1, -0.05) is 24.3 Å². The predicted molar refractivity (Wildman–Crippen MR) is 82.2 cm³/mol. The zero-order valence-electron chi connectivity index (χ0n) is 11.6. The molecule has 1 N–H and O–H groups in total. The highest BCUT2D eigenvalue weighted by molar-refractivity contribution is 6.07. The maximum atomic E-state index is 12.6. The van der Waals surface area contributed by atoms with Gasteiger partial charge in [0, 0.05) is 30.0 Å². The number of aromatic nitrogens is 1. The molecule has 100 valence electrons. The minimum Gasteiger partial charge on any atom is -0.361 e. The molecular formula is C17H16N2O. The number of para-hydroxylation sites is 1. The number of nitrogens with zero attached hydrogens (tertiary/aromatic N) is 1. The maximum Gasteiger partial charge on any atom is 0.258 e. The van der Waals surface area contributed by atoms with E-state index in [1.807, 2.05) is 68.7 Å². The van der Waals surface area contributed by atoms with Crippen LogP contribution in [-0.4, -0.2) is 17.9 Å². The first-order valence-corrected chi connectivity index (χ1v) is 6.57. The van der Waals surface area contributed by atoms with Gasteiger partial charge in [0.2, 0.25) is 0 Å². The largest absolute Gasteiger partial charge is 0.361 e. The second-order valence-electron chi connectivity index (χ2n) is 4.93. The molecular weight excluding hydrogens is 248 g/mol. The summed E-state index contributed by atoms with van der Waals surface area (Å²) in [5, 5.41) is 1.11. The average Bonchev–Trinajstić information content (AvgIpc) is 2.93. The number of amides is 1. The Balaban J connectivity index is 1.97. The lowest BCUT2D eigenvalue weighted by molar-refractivity contribution is 0.0993. The summed E-state index contributed by atoms with van der Waals surface area (Å²) in [5.41, 5.74) is 3.69. The molecule has 0 aliphatic rings. The van der Waals surface area contributed by atoms with E-state index in [-0.39, 0.29) is 5.91 Å². The van der Waals surface area contributed by atoms with Crippen LogP contribution in [0.25, 0.3) is 10.9 Å². The van der Waals surface area contributed by atoms with Crippen LogP contribution in [0.4, 0.5) is 5.69 Å². The number of hydrogen-bond acceptors (Lipinski definition) is 1. The lowest BCUT2D eigenvalue weighted by Crippen LogP contribution is -2.26. The fourth-order valence-electron chi connectivity index (χ4n) is 2.42. The second-order valence-corrected chi connectivity index (χ2v) is 4.93. The Morgan fingerprint density at radius 2 is 1.90 bits per heavy atom. The fourth-order valence-corrected chi connectivity index (χ4v) is 2.42. The maximum absolute atomic E-state index is 12.6. The Bertz CT molecular complexity index is 773. The van der Waals surface area contributed by atoms with Crippen molar-refractivity contribution in [2.24, 2.45) is 0 Å². The van der Waals surface area contributed by atoms with Crippen LogP contribution in [-0.2, 0) is 0 Å². The fraction of sp³-hybridized carbons (Fsp3) is 0.118. The van der Waals surface area contributed by atoms with Crippen molar-refractivity contribution >= 4 is 22.5 Å². The summed E-state index contributed by atoms with van der Waals surface area (Å²) in [6.07, 6.45) is 1.88. The molecule has 1 amide bonds. The summed E-state index contributed by atoms with van der Waals surface area (Å²) in [6, 6.07) is 15.6. The lowest BCUT2D eigenvalue weighted by atomic mass is 10.1. The molecule has 0 aliphatic carbocycles. The van der Waals surface area contributed by atoms with Crippen molar-refractivity contribution in [3.8, 4) is 0 Å². The number of carbonyl (C=O) groups is 1. The number of H-pyrrole nitrogens is 1. The SMILES string of the molecule is Cc1ccccc1N(C)C(=O)c1ccc2cc[nH]c2c1. The van der Waals surface area contributed by atoms with Gasteiger partial charge in [0.25, 0.3) is 5.91 Å². The molecule has 0 radical (unpaired) electrons. The third kappa shape index (κ3) is 2.07. The van der Waals surface area contributed by atoms with Gasteiger partial charge >= 0.3 is 0 Å². The molecule has 0 fully saturated rings. The van der Waals surface area contributed by atoms with E-state index in [9.17, 15) is 4.79 Å². The third-order valence-electron chi connectivity index (χ3n) is 3.58. The van der Waals surface area contributed by atoms with Crippen LogP contribution in [0.3, 0.4) is 0 Å². The minimum absolute atomic E-state index is 0.00389. The van der Waals surface area contributed by atoms with Crippen LogP contribution in [0.5, 0.6) is 0 Å². The quantitative estimate of drug-likeness (QED) is 0.751. The summed E-state index contributed by atoms with van der Waals surface area (Å²) < 4.78 is 0. The van der Waals surface area contributed by atoms with Crippen molar-refractivity contribution in [1.29, 1.82) is 0 Å². The third-order valence-corrected chi connectivity index (χ3v) is 3.58. The highest BCUT2D eigenvalue weighted by Gasteiger charge is 2.15. The van der Waals surface area contributed by atoms with Crippen LogP contribution in [0.2, 0.25) is 0 Å². The van der Waals surface area contributed by atoms with Crippen molar-refractivity contribution in [2.45, 2.75) is 6.92 Å². The molecule has 0 bridgehead atoms. The van der Waals surface area contributed by atoms with Gasteiger partial charge in [-0.2, -0.15) is 0 Å². The molecule has 0 atom stereocenters. The molecule has 0 saturated carbocycles. The number of rotatable bonds is 2. The summed E-state index contributed by atoms with van der Waals surface area (Å²) in [5.74, 6) is -0.00389. The van der Waals surface area contributed by atoms with Crippen LogP contribution in [0.1, 0.15) is 15.9 Å². The summed E-state index contributed by atoms with van der Waals surface area (Å²) in [4.78, 5) is 17.4. The molecule has 3 aromatic rings. The van der Waals surface area contributed by atoms with Gasteiger partial charge in [0.15, 0.2) is 0 Å². The van der Waals surface area contributed by atoms with Crippen molar-refractivity contribution in [3.63, 3.8) is 0 Å². The van der Waals surface area contributed by atoms with Gasteiger partial charge in [0.1, 0.15) is 0 Å². The van der Waals surface area contributed by atoms with E-state index in [0.717, 1.165) is 22.2 Å². The number of fused-ring (bicyclic) bond motifs is 1. The van der Waals surface area contributed by atoms with E-state index in [2.05, 4.69) is 4.98 Å².